The zero-order chi connectivity index (χ0) is 12.4. The number of rotatable bonds is 3. The SMILES string of the molecule is Cc1ccc(OCc2ccc3c(c2)CCN3)cc1. The van der Waals surface area contributed by atoms with Crippen molar-refractivity contribution >= 4 is 5.69 Å². The van der Waals surface area contributed by atoms with E-state index in [9.17, 15) is 0 Å². The van der Waals surface area contributed by atoms with Gasteiger partial charge in [-0.25, -0.2) is 0 Å². The predicted octanol–water partition coefficient (Wildman–Crippen LogP) is 3.54. The number of aryl methyl sites for hydroxylation is 1. The van der Waals surface area contributed by atoms with Crippen molar-refractivity contribution in [3.8, 4) is 5.75 Å². The monoisotopic (exact) mass is 239 g/mol. The molecule has 2 nitrogen and oxygen atoms in total. The van der Waals surface area contributed by atoms with E-state index in [1.165, 1.54) is 22.4 Å². The number of anilines is 1. The molecule has 0 saturated carbocycles. The Labute approximate surface area is 108 Å². The van der Waals surface area contributed by atoms with Crippen LogP contribution in [0, 0.1) is 6.92 Å². The Morgan fingerprint density at radius 3 is 2.78 bits per heavy atom. The highest BCUT2D eigenvalue weighted by atomic mass is 16.5. The van der Waals surface area contributed by atoms with Gasteiger partial charge < -0.3 is 10.1 Å². The topological polar surface area (TPSA) is 21.3 Å². The molecule has 1 heterocycles. The van der Waals surface area contributed by atoms with Gasteiger partial charge in [0.25, 0.3) is 0 Å². The van der Waals surface area contributed by atoms with E-state index in [4.69, 9.17) is 4.74 Å². The zero-order valence-corrected chi connectivity index (χ0v) is 10.6. The average molecular weight is 239 g/mol. The molecule has 0 saturated heterocycles. The first-order valence-electron chi connectivity index (χ1n) is 6.36. The summed E-state index contributed by atoms with van der Waals surface area (Å²) in [5.74, 6) is 0.930. The summed E-state index contributed by atoms with van der Waals surface area (Å²) in [5, 5.41) is 3.37. The van der Waals surface area contributed by atoms with Crippen molar-refractivity contribution in [2.75, 3.05) is 11.9 Å². The van der Waals surface area contributed by atoms with E-state index >= 15 is 0 Å². The molecule has 2 aromatic rings. The molecule has 0 atom stereocenters. The van der Waals surface area contributed by atoms with E-state index in [0.717, 1.165) is 18.7 Å². The summed E-state index contributed by atoms with van der Waals surface area (Å²) < 4.78 is 5.79. The standard InChI is InChI=1S/C16H17NO/c1-12-2-5-15(6-3-12)18-11-13-4-7-16-14(10-13)8-9-17-16/h2-7,10,17H,8-9,11H2,1H3. The summed E-state index contributed by atoms with van der Waals surface area (Å²) >= 11 is 0. The molecular weight excluding hydrogens is 222 g/mol. The van der Waals surface area contributed by atoms with E-state index in [1.807, 2.05) is 12.1 Å². The second kappa shape index (κ2) is 4.73. The summed E-state index contributed by atoms with van der Waals surface area (Å²) in [6.07, 6.45) is 1.12. The lowest BCUT2D eigenvalue weighted by Gasteiger charge is -2.08. The van der Waals surface area contributed by atoms with Crippen LogP contribution in [0.4, 0.5) is 5.69 Å². The van der Waals surface area contributed by atoms with Crippen LogP contribution in [0.25, 0.3) is 0 Å². The molecule has 1 aliphatic heterocycles. The van der Waals surface area contributed by atoms with E-state index in [0.29, 0.717) is 6.61 Å². The largest absolute Gasteiger partial charge is 0.489 e. The molecule has 2 heteroatoms. The molecule has 1 N–H and O–H groups in total. The molecule has 3 rings (SSSR count). The van der Waals surface area contributed by atoms with Crippen molar-refractivity contribution in [2.24, 2.45) is 0 Å². The van der Waals surface area contributed by atoms with Gasteiger partial charge in [0, 0.05) is 12.2 Å². The van der Waals surface area contributed by atoms with Gasteiger partial charge in [0.05, 0.1) is 0 Å². The van der Waals surface area contributed by atoms with E-state index < -0.39 is 0 Å². The first-order chi connectivity index (χ1) is 8.81. The van der Waals surface area contributed by atoms with Crippen molar-refractivity contribution in [2.45, 2.75) is 20.0 Å². The molecule has 0 radical (unpaired) electrons. The normalized spacial score (nSPS) is 12.9. The van der Waals surface area contributed by atoms with Crippen LogP contribution in [0.3, 0.4) is 0 Å². The van der Waals surface area contributed by atoms with Crippen molar-refractivity contribution in [1.29, 1.82) is 0 Å². The van der Waals surface area contributed by atoms with Crippen molar-refractivity contribution in [3.05, 3.63) is 59.2 Å². The molecule has 0 spiro atoms. The van der Waals surface area contributed by atoms with Gasteiger partial charge in [-0.1, -0.05) is 29.8 Å². The van der Waals surface area contributed by atoms with Crippen LogP contribution in [0.5, 0.6) is 5.75 Å². The van der Waals surface area contributed by atoms with Gasteiger partial charge in [0.2, 0.25) is 0 Å². The summed E-state index contributed by atoms with van der Waals surface area (Å²) in [6, 6.07) is 14.7. The van der Waals surface area contributed by atoms with Crippen LogP contribution in [0.1, 0.15) is 16.7 Å². The van der Waals surface area contributed by atoms with Gasteiger partial charge >= 0.3 is 0 Å². The molecule has 0 unspecified atom stereocenters. The van der Waals surface area contributed by atoms with E-state index in [2.05, 4.69) is 42.6 Å². The van der Waals surface area contributed by atoms with Crippen molar-refractivity contribution < 1.29 is 4.74 Å². The van der Waals surface area contributed by atoms with Gasteiger partial charge in [0.15, 0.2) is 0 Å². The second-order valence-electron chi connectivity index (χ2n) is 4.77. The highest BCUT2D eigenvalue weighted by Crippen LogP contribution is 2.23. The third-order valence-corrected chi connectivity index (χ3v) is 3.31. The van der Waals surface area contributed by atoms with Crippen LogP contribution in [0.2, 0.25) is 0 Å². The Kier molecular flexibility index (Phi) is 2.93. The van der Waals surface area contributed by atoms with E-state index in [1.54, 1.807) is 0 Å². The van der Waals surface area contributed by atoms with Gasteiger partial charge in [0.1, 0.15) is 12.4 Å². The lowest BCUT2D eigenvalue weighted by atomic mass is 10.1. The Morgan fingerprint density at radius 1 is 1.11 bits per heavy atom. The molecule has 0 amide bonds. The van der Waals surface area contributed by atoms with Crippen LogP contribution >= 0.6 is 0 Å². The minimum Gasteiger partial charge on any atom is -0.489 e. The Morgan fingerprint density at radius 2 is 1.94 bits per heavy atom. The molecule has 0 aliphatic carbocycles. The summed E-state index contributed by atoms with van der Waals surface area (Å²) in [6.45, 7) is 3.77. The Bertz CT molecular complexity index is 546. The molecular formula is C16H17NO. The van der Waals surface area contributed by atoms with Crippen molar-refractivity contribution in [1.82, 2.24) is 0 Å². The molecule has 1 aliphatic rings. The molecule has 2 aromatic carbocycles. The molecule has 0 aromatic heterocycles. The number of hydrogen-bond donors (Lipinski definition) is 1. The smallest absolute Gasteiger partial charge is 0.119 e. The molecule has 92 valence electrons. The first kappa shape index (κ1) is 11.1. The predicted molar refractivity (Wildman–Crippen MR) is 74.1 cm³/mol. The maximum absolute atomic E-state index is 5.79. The third kappa shape index (κ3) is 2.33. The fourth-order valence-electron chi connectivity index (χ4n) is 2.25. The highest BCUT2D eigenvalue weighted by Gasteiger charge is 2.09. The van der Waals surface area contributed by atoms with E-state index in [-0.39, 0.29) is 0 Å². The van der Waals surface area contributed by atoms with Crippen LogP contribution in [-0.4, -0.2) is 6.54 Å². The van der Waals surface area contributed by atoms with Crippen LogP contribution < -0.4 is 10.1 Å². The zero-order valence-electron chi connectivity index (χ0n) is 10.6. The summed E-state index contributed by atoms with van der Waals surface area (Å²) in [4.78, 5) is 0. The third-order valence-electron chi connectivity index (χ3n) is 3.31. The fraction of sp³-hybridized carbons (Fsp3) is 0.250. The van der Waals surface area contributed by atoms with Gasteiger partial charge in [-0.05, 0) is 42.7 Å². The maximum Gasteiger partial charge on any atom is 0.119 e. The molecule has 0 fully saturated rings. The van der Waals surface area contributed by atoms with Gasteiger partial charge in [-0.3, -0.25) is 0 Å². The van der Waals surface area contributed by atoms with Crippen LogP contribution in [0.15, 0.2) is 42.5 Å². The summed E-state index contributed by atoms with van der Waals surface area (Å²) in [5.41, 5.74) is 5.16. The number of benzene rings is 2. The Hall–Kier alpha value is -1.96. The van der Waals surface area contributed by atoms with Gasteiger partial charge in [-0.2, -0.15) is 0 Å². The summed E-state index contributed by atoms with van der Waals surface area (Å²) in [7, 11) is 0. The molecule has 18 heavy (non-hydrogen) atoms. The maximum atomic E-state index is 5.79. The van der Waals surface area contributed by atoms with Crippen molar-refractivity contribution in [3.63, 3.8) is 0 Å². The lowest BCUT2D eigenvalue weighted by Crippen LogP contribution is -1.96. The minimum atomic E-state index is 0.635. The highest BCUT2D eigenvalue weighted by molar-refractivity contribution is 5.56. The Balaban J connectivity index is 1.68. The first-order valence-corrected chi connectivity index (χ1v) is 6.36. The minimum absolute atomic E-state index is 0.635. The van der Waals surface area contributed by atoms with Crippen LogP contribution in [-0.2, 0) is 13.0 Å². The quantitative estimate of drug-likeness (QED) is 0.884. The number of hydrogen-bond acceptors (Lipinski definition) is 2. The fourth-order valence-corrected chi connectivity index (χ4v) is 2.25. The average Bonchev–Trinajstić information content (AvgIpc) is 2.85. The number of nitrogens with one attached hydrogen (secondary N) is 1. The second-order valence-corrected chi connectivity index (χ2v) is 4.77. The lowest BCUT2D eigenvalue weighted by molar-refractivity contribution is 0.306. The number of ether oxygens (including phenoxy) is 1. The number of fused-ring (bicyclic) bond motifs is 1. The molecule has 0 bridgehead atoms. The van der Waals surface area contributed by atoms with Gasteiger partial charge in [-0.15, -0.1) is 0 Å².